The first-order chi connectivity index (χ1) is 41.7. The Labute approximate surface area is 511 Å². The summed E-state index contributed by atoms with van der Waals surface area (Å²) in [6.45, 7) is 11.9. The van der Waals surface area contributed by atoms with Gasteiger partial charge in [-0.15, -0.1) is 0 Å². The van der Waals surface area contributed by atoms with Crippen LogP contribution in [0.25, 0.3) is 0 Å². The second-order valence-electron chi connectivity index (χ2n) is 27.8. The van der Waals surface area contributed by atoms with Gasteiger partial charge in [0, 0.05) is 105 Å². The number of ether oxygens (including phenoxy) is 2. The molecular weight excluding hydrogens is 1130 g/mol. The summed E-state index contributed by atoms with van der Waals surface area (Å²) in [6.07, 6.45) is 16.4. The van der Waals surface area contributed by atoms with Crippen molar-refractivity contribution >= 4 is 58.5 Å². The van der Waals surface area contributed by atoms with E-state index < -0.39 is 44.4 Å². The number of nitro benzene ring substituents is 3. The number of rotatable bonds is 8. The summed E-state index contributed by atoms with van der Waals surface area (Å²) >= 11 is 0. The quantitative estimate of drug-likeness (QED) is 0.0719. The molecule has 3 aliphatic heterocycles. The van der Waals surface area contributed by atoms with E-state index in [-0.39, 0.29) is 69.1 Å². The Bertz CT molecular complexity index is 3570. The maximum absolute atomic E-state index is 12.7. The molecule has 4 spiro atoms. The topological polar surface area (TPSA) is 287 Å². The second kappa shape index (κ2) is 22.4. The van der Waals surface area contributed by atoms with Crippen molar-refractivity contribution in [1.29, 1.82) is 0 Å². The van der Waals surface area contributed by atoms with Crippen LogP contribution in [0.3, 0.4) is 0 Å². The molecule has 0 atom stereocenters. The molecule has 8 aliphatic carbocycles. The summed E-state index contributed by atoms with van der Waals surface area (Å²) in [5, 5.41) is 43.3. The highest BCUT2D eigenvalue weighted by Gasteiger charge is 2.58. The van der Waals surface area contributed by atoms with Gasteiger partial charge < -0.3 is 39.4 Å². The molecule has 4 aromatic carbocycles. The Morgan fingerprint density at radius 3 is 1.22 bits per heavy atom. The van der Waals surface area contributed by atoms with Crippen LogP contribution in [0.5, 0.6) is 17.2 Å². The van der Waals surface area contributed by atoms with Gasteiger partial charge in [0.1, 0.15) is 52.6 Å². The maximum Gasteiger partial charge on any atom is 0.495 e. The molecule has 0 unspecified atom stereocenters. The molecule has 4 aromatic rings. The molecule has 88 heavy (non-hydrogen) atoms. The molecule has 0 amide bonds. The van der Waals surface area contributed by atoms with Gasteiger partial charge in [-0.3, -0.25) is 49.5 Å². The Balaban J connectivity index is 0.000000115. The number of likely N-dealkylation sites (tertiary alicyclic amines) is 2. The zero-order chi connectivity index (χ0) is 62.6. The Morgan fingerprint density at radius 1 is 0.500 bits per heavy atom. The monoisotopic (exact) mass is 1210 g/mol. The van der Waals surface area contributed by atoms with Crippen molar-refractivity contribution in [2.75, 3.05) is 46.0 Å². The van der Waals surface area contributed by atoms with Crippen LogP contribution in [0.4, 0.5) is 22.7 Å². The van der Waals surface area contributed by atoms with E-state index >= 15 is 0 Å². The summed E-state index contributed by atoms with van der Waals surface area (Å²) in [5.41, 5.74) is 11.5. The van der Waals surface area contributed by atoms with E-state index in [4.69, 9.17) is 24.5 Å². The number of piperidine rings is 2. The van der Waals surface area contributed by atoms with E-state index in [1.807, 2.05) is 39.8 Å². The molecule has 22 heteroatoms. The highest BCUT2D eigenvalue weighted by molar-refractivity contribution is 6.63. The first-order valence-corrected chi connectivity index (χ1v) is 31.5. The third-order valence-electron chi connectivity index (χ3n) is 22.3. The lowest BCUT2D eigenvalue weighted by atomic mass is 9.63. The number of hydrogen-bond donors (Lipinski definition) is 2. The number of benzene rings is 4. The number of anilines is 1. The molecule has 0 radical (unpaired) electrons. The number of nitrogens with two attached hydrogens (primary N) is 1. The van der Waals surface area contributed by atoms with Gasteiger partial charge in [-0.1, -0.05) is 25.7 Å². The SMILES string of the molecule is CC1(C)OB(c2cc([N+](=O)[O-])cc3c2CC(=O)C32CCC2)OC1(C)C.CN1CCC(Oc2cc(N)cc3c2CC(=O)C32CCC2)CC1.CN1CCC(Oc2cc([N+](=O)[O-])cc3c2CC(=O)C32CCC2)CC1.O=C1Cc2c(O)cc([N+](=O)[O-])cc2C12CCC2. The van der Waals surface area contributed by atoms with Crippen LogP contribution < -0.4 is 20.7 Å². The molecule has 7 fully saturated rings. The van der Waals surface area contributed by atoms with E-state index in [9.17, 15) is 54.6 Å². The van der Waals surface area contributed by atoms with Gasteiger partial charge in [0.05, 0.1) is 59.8 Å². The van der Waals surface area contributed by atoms with Crippen LogP contribution >= 0.6 is 0 Å². The number of nitro groups is 3. The number of non-ortho nitro benzene ring substituents is 3. The van der Waals surface area contributed by atoms with Gasteiger partial charge in [0.25, 0.3) is 17.1 Å². The largest absolute Gasteiger partial charge is 0.507 e. The van der Waals surface area contributed by atoms with Crippen molar-refractivity contribution in [2.24, 2.45) is 0 Å². The fourth-order valence-electron chi connectivity index (χ4n) is 15.6. The van der Waals surface area contributed by atoms with Gasteiger partial charge >= 0.3 is 7.12 Å². The van der Waals surface area contributed by atoms with Crippen molar-refractivity contribution < 1.29 is 57.8 Å². The highest BCUT2D eigenvalue weighted by Crippen LogP contribution is 2.57. The minimum absolute atomic E-state index is 0.00411. The van der Waals surface area contributed by atoms with Crippen LogP contribution in [0.1, 0.15) is 175 Å². The fraction of sp³-hybridized carbons (Fsp3) is 0.576. The minimum atomic E-state index is -0.693. The lowest BCUT2D eigenvalue weighted by Gasteiger charge is -2.37. The van der Waals surface area contributed by atoms with E-state index in [1.165, 1.54) is 18.2 Å². The number of phenols is 1. The molecule has 4 saturated carbocycles. The zero-order valence-electron chi connectivity index (χ0n) is 51.3. The Hall–Kier alpha value is -7.14. The summed E-state index contributed by atoms with van der Waals surface area (Å²) < 4.78 is 24.7. The summed E-state index contributed by atoms with van der Waals surface area (Å²) in [7, 11) is 3.54. The number of nitrogen functional groups attached to an aromatic ring is 1. The molecule has 0 bridgehead atoms. The predicted molar refractivity (Wildman–Crippen MR) is 327 cm³/mol. The molecule has 11 aliphatic rings. The fourth-order valence-corrected chi connectivity index (χ4v) is 15.6. The lowest BCUT2D eigenvalue weighted by Crippen LogP contribution is -2.41. The van der Waals surface area contributed by atoms with Gasteiger partial charge in [-0.05, 0) is 158 Å². The summed E-state index contributed by atoms with van der Waals surface area (Å²) in [5.74, 6) is 2.14. The van der Waals surface area contributed by atoms with Gasteiger partial charge in [-0.2, -0.15) is 0 Å². The molecule has 3 N–H and O–H groups in total. The second-order valence-corrected chi connectivity index (χ2v) is 27.8. The molecule has 15 rings (SSSR count). The van der Waals surface area contributed by atoms with E-state index in [2.05, 4.69) is 23.9 Å². The van der Waals surface area contributed by atoms with E-state index in [0.717, 1.165) is 180 Å². The Kier molecular flexibility index (Phi) is 15.6. The number of carbonyl (C=O) groups excluding carboxylic acids is 4. The number of phenolic OH excluding ortho intramolecular Hbond substituents is 1. The van der Waals surface area contributed by atoms with Crippen molar-refractivity contribution in [3.05, 3.63) is 123 Å². The van der Waals surface area contributed by atoms with Crippen molar-refractivity contribution in [3.63, 3.8) is 0 Å². The zero-order valence-corrected chi connectivity index (χ0v) is 51.3. The highest BCUT2D eigenvalue weighted by atomic mass is 16.7. The third-order valence-corrected chi connectivity index (χ3v) is 22.3. The number of fused-ring (bicyclic) bond motifs is 8. The van der Waals surface area contributed by atoms with Crippen molar-refractivity contribution in [3.8, 4) is 17.2 Å². The van der Waals surface area contributed by atoms with Crippen molar-refractivity contribution in [1.82, 2.24) is 9.80 Å². The van der Waals surface area contributed by atoms with Crippen LogP contribution in [0.2, 0.25) is 0 Å². The molecule has 3 heterocycles. The average molecular weight is 1210 g/mol. The number of aromatic hydroxyl groups is 1. The van der Waals surface area contributed by atoms with E-state index in [0.29, 0.717) is 47.4 Å². The third kappa shape index (κ3) is 10.3. The van der Waals surface area contributed by atoms with Crippen LogP contribution in [-0.4, -0.2) is 124 Å². The van der Waals surface area contributed by atoms with Gasteiger partial charge in [0.15, 0.2) is 0 Å². The smallest absolute Gasteiger partial charge is 0.495 e. The molecule has 466 valence electrons. The van der Waals surface area contributed by atoms with Crippen LogP contribution in [0, 0.1) is 30.3 Å². The molecular formula is C66H79BN6O15. The first-order valence-electron chi connectivity index (χ1n) is 31.5. The van der Waals surface area contributed by atoms with Gasteiger partial charge in [0.2, 0.25) is 0 Å². The first kappa shape index (κ1) is 61.1. The van der Waals surface area contributed by atoms with Crippen LogP contribution in [-0.2, 0) is 75.8 Å². The standard InChI is InChI=1S/C18H22BNO5.C18H22N2O4.C18H24N2O2.C12H11NO4/c1-16(2)17(3,4)25-19(24-16)14-9-11(20(22)23)8-13-12(14)10-15(21)18(13)6-5-7-18;1-19-7-3-13(4-8-19)24-16-10-12(20(22)23)9-15-14(16)11-17(21)18(15)5-2-6-18;1-20-7-3-13(4-8-20)22-16-10-12(19)9-15-14(16)11-17(21)18(15)5-2-6-18;14-10-5-7(13(16)17)4-9-8(10)6-11(15)12(9)2-1-3-12/h8-9H,5-7,10H2,1-4H3;9-10,13H,2-8,11H2,1H3;9-10,13H,2-8,11,19H2,1H3;4-5,14H,1-3,6H2. The Morgan fingerprint density at radius 2 is 0.830 bits per heavy atom. The van der Waals surface area contributed by atoms with Crippen LogP contribution in [0.15, 0.2) is 48.5 Å². The average Bonchev–Trinajstić information content (AvgIpc) is 1.77. The number of Topliss-reactive ketones (excluding diaryl/α,β-unsaturated/α-hetero) is 4. The molecule has 0 aromatic heterocycles. The summed E-state index contributed by atoms with van der Waals surface area (Å²) in [6, 6.07) is 12.8. The predicted octanol–water partition coefficient (Wildman–Crippen LogP) is 9.19. The van der Waals surface area contributed by atoms with E-state index in [1.54, 1.807) is 12.1 Å². The maximum atomic E-state index is 12.7. The van der Waals surface area contributed by atoms with Crippen molar-refractivity contribution in [2.45, 2.75) is 201 Å². The number of carbonyl (C=O) groups is 4. The molecule has 21 nitrogen and oxygen atoms in total. The lowest BCUT2D eigenvalue weighted by molar-refractivity contribution is -0.385. The number of ketones is 4. The number of nitrogens with zero attached hydrogens (tertiary/aromatic N) is 5. The van der Waals surface area contributed by atoms with Gasteiger partial charge in [-0.25, -0.2) is 0 Å². The normalized spacial score (nSPS) is 23.4. The molecule has 3 saturated heterocycles. The summed E-state index contributed by atoms with van der Waals surface area (Å²) in [4.78, 5) is 86.6. The number of hydrogen-bond acceptors (Lipinski definition) is 18. The minimum Gasteiger partial charge on any atom is -0.507 e.